The van der Waals surface area contributed by atoms with Crippen molar-refractivity contribution in [3.63, 3.8) is 0 Å². The number of hydrogen-bond acceptors (Lipinski definition) is 7. The maximum atomic E-state index is 12.3. The van der Waals surface area contributed by atoms with E-state index in [0.29, 0.717) is 16.9 Å². The molecule has 3 aromatic rings. The number of ether oxygens (including phenoxy) is 1. The molecular formula is C16H15F3N6O3S. The van der Waals surface area contributed by atoms with E-state index < -0.39 is 16.4 Å². The Hall–Kier alpha value is -3.19. The smallest absolute Gasteiger partial charge is 0.406 e. The number of aryl methyl sites for hydroxylation is 1. The van der Waals surface area contributed by atoms with Gasteiger partial charge in [0.1, 0.15) is 5.75 Å². The summed E-state index contributed by atoms with van der Waals surface area (Å²) in [6.07, 6.45) is -4.78. The third kappa shape index (κ3) is 4.81. The van der Waals surface area contributed by atoms with Crippen LogP contribution in [0.5, 0.6) is 5.75 Å². The molecule has 0 unspecified atom stereocenters. The first-order chi connectivity index (χ1) is 13.6. The fourth-order valence-corrected chi connectivity index (χ4v) is 3.21. The molecule has 3 rings (SSSR count). The largest absolute Gasteiger partial charge is 0.573 e. The van der Waals surface area contributed by atoms with Crippen LogP contribution in [0, 0.1) is 0 Å². The van der Waals surface area contributed by atoms with E-state index in [9.17, 15) is 21.6 Å². The highest BCUT2D eigenvalue weighted by molar-refractivity contribution is 7.89. The number of tetrazole rings is 1. The number of nitrogens with zero attached hydrogens (tertiary/aromatic N) is 4. The minimum absolute atomic E-state index is 0.00234. The lowest BCUT2D eigenvalue weighted by molar-refractivity contribution is -0.274. The van der Waals surface area contributed by atoms with Crippen LogP contribution < -0.4 is 14.8 Å². The van der Waals surface area contributed by atoms with E-state index in [4.69, 9.17) is 0 Å². The number of anilines is 2. The van der Waals surface area contributed by atoms with Crippen LogP contribution in [0.4, 0.5) is 24.5 Å². The first-order valence-corrected chi connectivity index (χ1v) is 9.50. The minimum atomic E-state index is -4.78. The van der Waals surface area contributed by atoms with Crippen molar-refractivity contribution in [3.8, 4) is 17.1 Å². The van der Waals surface area contributed by atoms with Gasteiger partial charge in [-0.25, -0.2) is 17.8 Å². The van der Waals surface area contributed by atoms with Gasteiger partial charge in [0.15, 0.2) is 5.82 Å². The summed E-state index contributed by atoms with van der Waals surface area (Å²) >= 11 is 0. The molecule has 13 heteroatoms. The second kappa shape index (κ2) is 7.67. The standard InChI is InChI=1S/C16H15F3N6O3S/c1-20-29(26,27)12-7-8-14(13(9-12)15-22-23-24-25(15)2)21-10-3-5-11(6-4-10)28-16(17,18)19/h3-9,20-21H,1-2H3. The minimum Gasteiger partial charge on any atom is -0.406 e. The molecule has 0 aliphatic rings. The van der Waals surface area contributed by atoms with Gasteiger partial charge < -0.3 is 10.1 Å². The predicted octanol–water partition coefficient (Wildman–Crippen LogP) is 2.43. The molecule has 0 spiro atoms. The SMILES string of the molecule is CNS(=O)(=O)c1ccc(Nc2ccc(OC(F)(F)F)cc2)c(-c2nnnn2C)c1. The lowest BCUT2D eigenvalue weighted by atomic mass is 10.1. The molecular weight excluding hydrogens is 413 g/mol. The average Bonchev–Trinajstić information content (AvgIpc) is 3.08. The highest BCUT2D eigenvalue weighted by atomic mass is 32.2. The summed E-state index contributed by atoms with van der Waals surface area (Å²) in [5.74, 6) is -0.0751. The second-order valence-corrected chi connectivity index (χ2v) is 7.62. The summed E-state index contributed by atoms with van der Waals surface area (Å²) < 4.78 is 68.5. The van der Waals surface area contributed by atoms with E-state index in [2.05, 4.69) is 30.3 Å². The first-order valence-electron chi connectivity index (χ1n) is 8.02. The molecule has 0 aliphatic carbocycles. The predicted molar refractivity (Wildman–Crippen MR) is 96.9 cm³/mol. The zero-order valence-electron chi connectivity index (χ0n) is 15.1. The third-order valence-electron chi connectivity index (χ3n) is 3.80. The highest BCUT2D eigenvalue weighted by Crippen LogP contribution is 2.32. The summed E-state index contributed by atoms with van der Waals surface area (Å²) in [7, 11) is -0.844. The van der Waals surface area contributed by atoms with Crippen molar-refractivity contribution < 1.29 is 26.3 Å². The van der Waals surface area contributed by atoms with Crippen molar-refractivity contribution in [1.29, 1.82) is 0 Å². The summed E-state index contributed by atoms with van der Waals surface area (Å²) in [6.45, 7) is 0. The Morgan fingerprint density at radius 3 is 2.34 bits per heavy atom. The van der Waals surface area contributed by atoms with Crippen molar-refractivity contribution in [1.82, 2.24) is 24.9 Å². The Labute approximate surface area is 163 Å². The van der Waals surface area contributed by atoms with Crippen molar-refractivity contribution >= 4 is 21.4 Å². The molecule has 1 heterocycles. The molecule has 9 nitrogen and oxygen atoms in total. The number of alkyl halides is 3. The van der Waals surface area contributed by atoms with Gasteiger partial charge in [-0.2, -0.15) is 0 Å². The molecule has 2 N–H and O–H groups in total. The van der Waals surface area contributed by atoms with E-state index in [0.717, 1.165) is 12.1 Å². The van der Waals surface area contributed by atoms with Gasteiger partial charge in [0.05, 0.1) is 4.90 Å². The van der Waals surface area contributed by atoms with Crippen LogP contribution in [-0.4, -0.2) is 42.0 Å². The van der Waals surface area contributed by atoms with Crippen molar-refractivity contribution in [3.05, 3.63) is 42.5 Å². The van der Waals surface area contributed by atoms with E-state index in [1.807, 2.05) is 0 Å². The van der Waals surface area contributed by atoms with Gasteiger partial charge in [-0.1, -0.05) is 0 Å². The summed E-state index contributed by atoms with van der Waals surface area (Å²) in [6, 6.07) is 9.35. The second-order valence-electron chi connectivity index (χ2n) is 5.74. The molecule has 0 saturated heterocycles. The molecule has 0 bridgehead atoms. The lowest BCUT2D eigenvalue weighted by Gasteiger charge is -2.14. The zero-order valence-corrected chi connectivity index (χ0v) is 15.9. The third-order valence-corrected chi connectivity index (χ3v) is 5.21. The summed E-state index contributed by atoms with van der Waals surface area (Å²) in [5.41, 5.74) is 1.27. The molecule has 1 aromatic heterocycles. The normalized spacial score (nSPS) is 12.0. The number of hydrogen-bond donors (Lipinski definition) is 2. The van der Waals surface area contributed by atoms with Crippen LogP contribution in [0.1, 0.15) is 0 Å². The molecule has 29 heavy (non-hydrogen) atoms. The highest BCUT2D eigenvalue weighted by Gasteiger charge is 2.31. The fourth-order valence-electron chi connectivity index (χ4n) is 2.46. The van der Waals surface area contributed by atoms with Crippen molar-refractivity contribution in [2.45, 2.75) is 11.3 Å². The number of halogens is 3. The summed E-state index contributed by atoms with van der Waals surface area (Å²) in [5, 5.41) is 14.2. The monoisotopic (exact) mass is 428 g/mol. The Balaban J connectivity index is 1.98. The van der Waals surface area contributed by atoms with Crippen LogP contribution in [0.25, 0.3) is 11.4 Å². The molecule has 154 valence electrons. The van der Waals surface area contributed by atoms with E-state index >= 15 is 0 Å². The van der Waals surface area contributed by atoms with Crippen LogP contribution >= 0.6 is 0 Å². The van der Waals surface area contributed by atoms with E-state index in [-0.39, 0.29) is 16.5 Å². The Morgan fingerprint density at radius 2 is 1.79 bits per heavy atom. The van der Waals surface area contributed by atoms with Crippen LogP contribution in [0.3, 0.4) is 0 Å². The van der Waals surface area contributed by atoms with E-state index in [1.165, 1.54) is 42.1 Å². The number of nitrogens with one attached hydrogen (secondary N) is 2. The topological polar surface area (TPSA) is 111 Å². The van der Waals surface area contributed by atoms with Gasteiger partial charge in [-0.3, -0.25) is 0 Å². The van der Waals surface area contributed by atoms with Crippen molar-refractivity contribution in [2.75, 3.05) is 12.4 Å². The molecule has 2 aromatic carbocycles. The van der Waals surface area contributed by atoms with Crippen LogP contribution in [0.15, 0.2) is 47.4 Å². The Morgan fingerprint density at radius 1 is 1.10 bits per heavy atom. The van der Waals surface area contributed by atoms with Crippen molar-refractivity contribution in [2.24, 2.45) is 7.05 Å². The van der Waals surface area contributed by atoms with Gasteiger partial charge in [-0.05, 0) is 59.9 Å². The maximum absolute atomic E-state index is 12.3. The average molecular weight is 428 g/mol. The van der Waals surface area contributed by atoms with Gasteiger partial charge in [0.25, 0.3) is 0 Å². The molecule has 0 aliphatic heterocycles. The zero-order chi connectivity index (χ0) is 21.2. The lowest BCUT2D eigenvalue weighted by Crippen LogP contribution is -2.18. The molecule has 0 amide bonds. The van der Waals surface area contributed by atoms with E-state index in [1.54, 1.807) is 7.05 Å². The molecule has 0 atom stereocenters. The quantitative estimate of drug-likeness (QED) is 0.620. The number of sulfonamides is 1. The first kappa shape index (κ1) is 20.5. The molecule has 0 saturated carbocycles. The number of rotatable bonds is 6. The fraction of sp³-hybridized carbons (Fsp3) is 0.188. The maximum Gasteiger partial charge on any atom is 0.573 e. The Bertz CT molecular complexity index is 1110. The van der Waals surface area contributed by atoms with Gasteiger partial charge in [0, 0.05) is 24.0 Å². The number of aromatic nitrogens is 4. The molecule has 0 fully saturated rings. The summed E-state index contributed by atoms with van der Waals surface area (Å²) in [4.78, 5) is -0.00234. The van der Waals surface area contributed by atoms with Gasteiger partial charge >= 0.3 is 6.36 Å². The van der Waals surface area contributed by atoms with Crippen LogP contribution in [0.2, 0.25) is 0 Å². The van der Waals surface area contributed by atoms with Gasteiger partial charge in [0.2, 0.25) is 10.0 Å². The Kier molecular flexibility index (Phi) is 5.44. The van der Waals surface area contributed by atoms with Crippen LogP contribution in [-0.2, 0) is 17.1 Å². The molecule has 0 radical (unpaired) electrons. The van der Waals surface area contributed by atoms with Gasteiger partial charge in [-0.15, -0.1) is 18.3 Å². The number of benzene rings is 2.